The zero-order valence-corrected chi connectivity index (χ0v) is 12.1. The Morgan fingerprint density at radius 2 is 1.94 bits per heavy atom. The summed E-state index contributed by atoms with van der Waals surface area (Å²) in [5, 5.41) is 4.05. The summed E-state index contributed by atoms with van der Waals surface area (Å²) in [6.45, 7) is 2.22. The van der Waals surface area contributed by atoms with E-state index >= 15 is 0 Å². The average molecular weight is 286 g/mol. The van der Waals surface area contributed by atoms with Crippen molar-refractivity contribution >= 4 is 27.5 Å². The average Bonchev–Trinajstić information content (AvgIpc) is 2.76. The highest BCUT2D eigenvalue weighted by molar-refractivity contribution is 8.00. The van der Waals surface area contributed by atoms with Gasteiger partial charge in [-0.15, -0.1) is 0 Å². The minimum atomic E-state index is -3.33. The van der Waals surface area contributed by atoms with Crippen LogP contribution in [0.5, 0.6) is 0 Å². The normalized spacial score (nSPS) is 24.1. The first kappa shape index (κ1) is 13.7. The molecule has 100 valence electrons. The Bertz CT molecular complexity index is 499. The van der Waals surface area contributed by atoms with Gasteiger partial charge in [0.05, 0.1) is 4.90 Å². The van der Waals surface area contributed by atoms with E-state index in [1.54, 1.807) is 12.1 Å². The summed E-state index contributed by atoms with van der Waals surface area (Å²) in [5.41, 5.74) is 0.976. The Morgan fingerprint density at radius 1 is 1.28 bits per heavy atom. The first-order chi connectivity index (χ1) is 8.53. The van der Waals surface area contributed by atoms with Crippen molar-refractivity contribution in [1.29, 1.82) is 0 Å². The third-order valence-corrected chi connectivity index (χ3v) is 5.92. The highest BCUT2D eigenvalue weighted by Crippen LogP contribution is 2.29. The number of thioether (sulfide) groups is 1. The summed E-state index contributed by atoms with van der Waals surface area (Å²) >= 11 is 1.97. The predicted molar refractivity (Wildman–Crippen MR) is 76.6 cm³/mol. The van der Waals surface area contributed by atoms with Crippen LogP contribution in [0.3, 0.4) is 0 Å². The number of hydrogen-bond acceptors (Lipinski definition) is 4. The molecule has 0 spiro atoms. The lowest BCUT2D eigenvalue weighted by Crippen LogP contribution is -2.24. The number of sulfonamides is 1. The maximum atomic E-state index is 11.6. The van der Waals surface area contributed by atoms with Crippen molar-refractivity contribution in [2.24, 2.45) is 0 Å². The molecule has 2 rings (SSSR count). The van der Waals surface area contributed by atoms with Gasteiger partial charge in [-0.05, 0) is 43.5 Å². The molecule has 1 aromatic carbocycles. The zero-order valence-electron chi connectivity index (χ0n) is 10.5. The zero-order chi connectivity index (χ0) is 13.2. The van der Waals surface area contributed by atoms with E-state index in [0.29, 0.717) is 16.2 Å². The lowest BCUT2D eigenvalue weighted by Gasteiger charge is -2.18. The van der Waals surface area contributed by atoms with E-state index in [9.17, 15) is 8.42 Å². The molecule has 0 radical (unpaired) electrons. The van der Waals surface area contributed by atoms with Crippen LogP contribution >= 0.6 is 11.8 Å². The van der Waals surface area contributed by atoms with E-state index in [0.717, 1.165) is 12.1 Å². The molecule has 0 saturated carbocycles. The molecule has 1 fully saturated rings. The first-order valence-corrected chi connectivity index (χ1v) is 8.48. The van der Waals surface area contributed by atoms with Crippen LogP contribution in [0.4, 0.5) is 5.69 Å². The molecule has 2 unspecified atom stereocenters. The fourth-order valence-corrected chi connectivity index (χ4v) is 3.91. The summed E-state index contributed by atoms with van der Waals surface area (Å²) in [7, 11) is -1.92. The fourth-order valence-electron chi connectivity index (χ4n) is 1.98. The van der Waals surface area contributed by atoms with E-state index in [1.165, 1.54) is 12.8 Å². The molecule has 1 saturated heterocycles. The molecule has 0 amide bonds. The van der Waals surface area contributed by atoms with Crippen LogP contribution in [0.1, 0.15) is 13.3 Å². The van der Waals surface area contributed by atoms with Crippen molar-refractivity contribution in [3.05, 3.63) is 24.3 Å². The van der Waals surface area contributed by atoms with Crippen molar-refractivity contribution in [2.75, 3.05) is 18.1 Å². The second-order valence-corrected chi connectivity index (χ2v) is 7.72. The van der Waals surface area contributed by atoms with Crippen molar-refractivity contribution in [3.63, 3.8) is 0 Å². The van der Waals surface area contributed by atoms with Crippen LogP contribution in [0.15, 0.2) is 29.2 Å². The molecule has 2 N–H and O–H groups in total. The molecule has 1 aromatic rings. The Balaban J connectivity index is 2.08. The van der Waals surface area contributed by atoms with Gasteiger partial charge in [0.1, 0.15) is 0 Å². The van der Waals surface area contributed by atoms with Crippen molar-refractivity contribution in [3.8, 4) is 0 Å². The maximum Gasteiger partial charge on any atom is 0.240 e. The lowest BCUT2D eigenvalue weighted by atomic mass is 10.1. The molecule has 1 aliphatic heterocycles. The van der Waals surface area contributed by atoms with Gasteiger partial charge in [0, 0.05) is 17.0 Å². The number of nitrogens with one attached hydrogen (secondary N) is 2. The quantitative estimate of drug-likeness (QED) is 0.887. The minimum absolute atomic E-state index is 0.296. The van der Waals surface area contributed by atoms with Crippen molar-refractivity contribution < 1.29 is 8.42 Å². The molecule has 2 atom stereocenters. The maximum absolute atomic E-state index is 11.6. The van der Waals surface area contributed by atoms with Gasteiger partial charge in [0.2, 0.25) is 10.0 Å². The molecule has 1 aliphatic rings. The lowest BCUT2D eigenvalue weighted by molar-refractivity contribution is 0.588. The molecular formula is C12H18N2O2S2. The summed E-state index contributed by atoms with van der Waals surface area (Å²) in [5.74, 6) is 1.19. The number of anilines is 1. The molecule has 0 aliphatic carbocycles. The topological polar surface area (TPSA) is 58.2 Å². The van der Waals surface area contributed by atoms with Gasteiger partial charge in [-0.1, -0.05) is 6.92 Å². The molecule has 0 aromatic heterocycles. The van der Waals surface area contributed by atoms with Gasteiger partial charge in [-0.3, -0.25) is 0 Å². The second kappa shape index (κ2) is 5.50. The summed E-state index contributed by atoms with van der Waals surface area (Å²) in [4.78, 5) is 0.296. The highest BCUT2D eigenvalue weighted by Gasteiger charge is 2.23. The molecule has 4 nitrogen and oxygen atoms in total. The number of rotatable bonds is 4. The summed E-state index contributed by atoms with van der Waals surface area (Å²) < 4.78 is 25.5. The second-order valence-electron chi connectivity index (χ2n) is 4.35. The Hall–Kier alpha value is -0.720. The Kier molecular flexibility index (Phi) is 4.19. The van der Waals surface area contributed by atoms with E-state index in [4.69, 9.17) is 0 Å². The standard InChI is InChI=1S/C12H18N2O2S2/c1-9-12(7-8-17-9)14-10-3-5-11(6-4-10)18(15,16)13-2/h3-6,9,12-14H,7-8H2,1-2H3. The summed E-state index contributed by atoms with van der Waals surface area (Å²) in [6.07, 6.45) is 1.16. The van der Waals surface area contributed by atoms with Gasteiger partial charge in [0.15, 0.2) is 0 Å². The van der Waals surface area contributed by atoms with Gasteiger partial charge < -0.3 is 5.32 Å². The van der Waals surface area contributed by atoms with Gasteiger partial charge in [-0.2, -0.15) is 11.8 Å². The molecular weight excluding hydrogens is 268 g/mol. The smallest absolute Gasteiger partial charge is 0.240 e. The van der Waals surface area contributed by atoms with Crippen LogP contribution in [0, 0.1) is 0 Å². The van der Waals surface area contributed by atoms with Crippen molar-refractivity contribution in [1.82, 2.24) is 4.72 Å². The summed E-state index contributed by atoms with van der Waals surface area (Å²) in [6, 6.07) is 7.36. The van der Waals surface area contributed by atoms with E-state index in [1.807, 2.05) is 23.9 Å². The molecule has 0 bridgehead atoms. The fraction of sp³-hybridized carbons (Fsp3) is 0.500. The Morgan fingerprint density at radius 3 is 2.44 bits per heavy atom. The molecule has 1 heterocycles. The Labute approximate surface area is 113 Å². The molecule has 6 heteroatoms. The van der Waals surface area contributed by atoms with Gasteiger partial charge in [0.25, 0.3) is 0 Å². The number of hydrogen-bond donors (Lipinski definition) is 2. The third-order valence-electron chi connectivity index (χ3n) is 3.16. The van der Waals surface area contributed by atoms with Crippen LogP contribution < -0.4 is 10.0 Å². The van der Waals surface area contributed by atoms with Gasteiger partial charge >= 0.3 is 0 Å². The first-order valence-electron chi connectivity index (χ1n) is 5.94. The van der Waals surface area contributed by atoms with Crippen LogP contribution in [0.2, 0.25) is 0 Å². The largest absolute Gasteiger partial charge is 0.381 e. The minimum Gasteiger partial charge on any atom is -0.381 e. The number of benzene rings is 1. The van der Waals surface area contributed by atoms with Crippen LogP contribution in [-0.2, 0) is 10.0 Å². The van der Waals surface area contributed by atoms with E-state index in [-0.39, 0.29) is 0 Å². The van der Waals surface area contributed by atoms with Gasteiger partial charge in [-0.25, -0.2) is 13.1 Å². The highest BCUT2D eigenvalue weighted by atomic mass is 32.2. The predicted octanol–water partition coefficient (Wildman–Crippen LogP) is 1.90. The van der Waals surface area contributed by atoms with E-state index in [2.05, 4.69) is 17.0 Å². The van der Waals surface area contributed by atoms with E-state index < -0.39 is 10.0 Å². The monoisotopic (exact) mass is 286 g/mol. The third kappa shape index (κ3) is 2.99. The van der Waals surface area contributed by atoms with Crippen molar-refractivity contribution in [2.45, 2.75) is 29.5 Å². The molecule has 18 heavy (non-hydrogen) atoms. The SMILES string of the molecule is CNS(=O)(=O)c1ccc(NC2CCSC2C)cc1. The van der Waals surface area contributed by atoms with Crippen LogP contribution in [-0.4, -0.2) is 32.5 Å². The van der Waals surface area contributed by atoms with Crippen LogP contribution in [0.25, 0.3) is 0 Å².